The molecule has 1 aromatic heterocycles. The zero-order valence-electron chi connectivity index (χ0n) is 18.9. The zero-order chi connectivity index (χ0) is 24.3. The van der Waals surface area contributed by atoms with Gasteiger partial charge in [0.2, 0.25) is 10.0 Å². The lowest BCUT2D eigenvalue weighted by Crippen LogP contribution is -2.40. The summed E-state index contributed by atoms with van der Waals surface area (Å²) in [5.41, 5.74) is 0.957. The molecule has 182 valence electrons. The number of halogens is 1. The van der Waals surface area contributed by atoms with E-state index in [-0.39, 0.29) is 29.8 Å². The number of hydrogen-bond acceptors (Lipinski definition) is 6. The third-order valence-corrected chi connectivity index (χ3v) is 9.08. The topological polar surface area (TPSA) is 90.2 Å². The maximum Gasteiger partial charge on any atom is 0.251 e. The summed E-state index contributed by atoms with van der Waals surface area (Å²) in [6.07, 6.45) is 0.845. The van der Waals surface area contributed by atoms with Gasteiger partial charge in [0.15, 0.2) is 4.80 Å². The van der Waals surface area contributed by atoms with E-state index in [1.807, 2.05) is 22.8 Å². The molecule has 0 unspecified atom stereocenters. The number of rotatable bonds is 7. The monoisotopic (exact) mass is 523 g/mol. The lowest BCUT2D eigenvalue weighted by Gasteiger charge is -2.29. The van der Waals surface area contributed by atoms with Gasteiger partial charge in [-0.25, -0.2) is 8.42 Å². The number of hydrogen-bond donors (Lipinski definition) is 0. The van der Waals surface area contributed by atoms with Gasteiger partial charge in [-0.3, -0.25) is 4.79 Å². The number of amides is 1. The number of carbonyl (C=O) groups is 1. The highest BCUT2D eigenvalue weighted by molar-refractivity contribution is 7.89. The second-order valence-electron chi connectivity index (χ2n) is 7.95. The van der Waals surface area contributed by atoms with Crippen molar-refractivity contribution in [2.24, 2.45) is 10.9 Å². The number of thiazole rings is 1. The van der Waals surface area contributed by atoms with Crippen LogP contribution < -0.4 is 9.54 Å². The largest absolute Gasteiger partial charge is 0.497 e. The van der Waals surface area contributed by atoms with Crippen molar-refractivity contribution in [3.05, 3.63) is 52.3 Å². The Morgan fingerprint density at radius 1 is 1.15 bits per heavy atom. The highest BCUT2D eigenvalue weighted by atomic mass is 35.5. The number of sulfonamides is 1. The van der Waals surface area contributed by atoms with Gasteiger partial charge >= 0.3 is 0 Å². The van der Waals surface area contributed by atoms with Crippen LogP contribution in [0.25, 0.3) is 10.2 Å². The van der Waals surface area contributed by atoms with E-state index in [1.54, 1.807) is 26.4 Å². The van der Waals surface area contributed by atoms with E-state index in [0.29, 0.717) is 35.8 Å². The van der Waals surface area contributed by atoms with Crippen molar-refractivity contribution in [2.45, 2.75) is 24.3 Å². The molecule has 2 aromatic carbocycles. The summed E-state index contributed by atoms with van der Waals surface area (Å²) in [6.45, 7) is 1.58. The van der Waals surface area contributed by atoms with E-state index >= 15 is 0 Å². The standard InChI is InChI=1S/C23H26ClN3O5S2/c1-31-14-13-27-20-8-5-18(32-2)15-21(20)33-23(27)25-22(28)16-9-11-26(12-10-16)34(29,30)19-6-3-17(24)4-7-19/h3-8,15-16H,9-14H2,1-2H3. The number of methoxy groups -OCH3 is 2. The summed E-state index contributed by atoms with van der Waals surface area (Å²) in [5, 5.41) is 0.479. The van der Waals surface area contributed by atoms with Crippen molar-refractivity contribution in [2.75, 3.05) is 33.9 Å². The minimum atomic E-state index is -3.62. The molecule has 1 aliphatic rings. The Bertz CT molecular complexity index is 1340. The van der Waals surface area contributed by atoms with Crippen LogP contribution >= 0.6 is 22.9 Å². The lowest BCUT2D eigenvalue weighted by atomic mass is 9.98. The van der Waals surface area contributed by atoms with E-state index in [1.165, 1.54) is 27.8 Å². The van der Waals surface area contributed by atoms with Crippen LogP contribution in [0, 0.1) is 5.92 Å². The molecule has 0 radical (unpaired) electrons. The van der Waals surface area contributed by atoms with Crippen molar-refractivity contribution in [3.63, 3.8) is 0 Å². The summed E-state index contributed by atoms with van der Waals surface area (Å²) >= 11 is 7.30. The number of carbonyl (C=O) groups excluding carboxylic acids is 1. The van der Waals surface area contributed by atoms with Gasteiger partial charge in [-0.15, -0.1) is 0 Å². The first kappa shape index (κ1) is 24.9. The van der Waals surface area contributed by atoms with Crippen LogP contribution in [0.3, 0.4) is 0 Å². The first-order chi connectivity index (χ1) is 16.3. The van der Waals surface area contributed by atoms with Gasteiger partial charge in [-0.1, -0.05) is 22.9 Å². The zero-order valence-corrected chi connectivity index (χ0v) is 21.3. The predicted molar refractivity (Wildman–Crippen MR) is 132 cm³/mol. The van der Waals surface area contributed by atoms with E-state index in [0.717, 1.165) is 16.0 Å². The summed E-state index contributed by atoms with van der Waals surface area (Å²) in [7, 11) is -0.379. The van der Waals surface area contributed by atoms with Gasteiger partial charge < -0.3 is 14.0 Å². The number of fused-ring (bicyclic) bond motifs is 1. The van der Waals surface area contributed by atoms with Crippen LogP contribution in [-0.4, -0.2) is 57.1 Å². The molecule has 8 nitrogen and oxygen atoms in total. The Morgan fingerprint density at radius 3 is 2.50 bits per heavy atom. The fraction of sp³-hybridized carbons (Fsp3) is 0.391. The first-order valence-corrected chi connectivity index (χ1v) is 13.5. The Hall–Kier alpha value is -2.24. The van der Waals surface area contributed by atoms with Crippen molar-refractivity contribution < 1.29 is 22.7 Å². The second kappa shape index (κ2) is 10.6. The van der Waals surface area contributed by atoms with Crippen molar-refractivity contribution in [1.29, 1.82) is 0 Å². The highest BCUT2D eigenvalue weighted by Gasteiger charge is 2.32. The quantitative estimate of drug-likeness (QED) is 0.472. The van der Waals surface area contributed by atoms with Crippen LogP contribution in [0.15, 0.2) is 52.4 Å². The SMILES string of the molecule is COCCn1c(=NC(=O)C2CCN(S(=O)(=O)c3ccc(Cl)cc3)CC2)sc2cc(OC)ccc21. The Balaban J connectivity index is 1.53. The first-order valence-electron chi connectivity index (χ1n) is 10.8. The lowest BCUT2D eigenvalue weighted by molar-refractivity contribution is -0.122. The second-order valence-corrected chi connectivity index (χ2v) is 11.3. The number of nitrogens with zero attached hydrogens (tertiary/aromatic N) is 3. The molecule has 0 spiro atoms. The molecule has 3 aromatic rings. The molecule has 1 aliphatic heterocycles. The summed E-state index contributed by atoms with van der Waals surface area (Å²) in [4.78, 5) is 18.3. The normalized spacial score (nSPS) is 16.3. The molecule has 0 saturated carbocycles. The third-order valence-electron chi connectivity index (χ3n) is 5.87. The smallest absolute Gasteiger partial charge is 0.251 e. The molecule has 34 heavy (non-hydrogen) atoms. The molecule has 11 heteroatoms. The molecule has 0 N–H and O–H groups in total. The van der Waals surface area contributed by atoms with E-state index < -0.39 is 10.0 Å². The maximum atomic E-state index is 13.0. The molecule has 1 saturated heterocycles. The van der Waals surface area contributed by atoms with Crippen molar-refractivity contribution in [3.8, 4) is 5.75 Å². The minimum Gasteiger partial charge on any atom is -0.497 e. The molecule has 4 rings (SSSR count). The fourth-order valence-corrected chi connectivity index (χ4v) is 6.63. The van der Waals surface area contributed by atoms with Crippen LogP contribution in [-0.2, 0) is 26.1 Å². The average Bonchev–Trinajstić information content (AvgIpc) is 3.18. The van der Waals surface area contributed by atoms with Crippen molar-refractivity contribution >= 4 is 49.1 Å². The number of benzene rings is 2. The van der Waals surface area contributed by atoms with Gasteiger partial charge in [0.1, 0.15) is 5.75 Å². The van der Waals surface area contributed by atoms with Gasteiger partial charge in [-0.05, 0) is 55.3 Å². The maximum absolute atomic E-state index is 13.0. The molecule has 1 amide bonds. The Morgan fingerprint density at radius 2 is 1.85 bits per heavy atom. The molecule has 1 fully saturated rings. The summed E-state index contributed by atoms with van der Waals surface area (Å²) < 4.78 is 40.7. The van der Waals surface area contributed by atoms with E-state index in [9.17, 15) is 13.2 Å². The number of piperidine rings is 1. The predicted octanol–water partition coefficient (Wildman–Crippen LogP) is 3.54. The molecule has 0 aliphatic carbocycles. The van der Waals surface area contributed by atoms with Gasteiger partial charge in [0, 0.05) is 37.7 Å². The molecule has 0 bridgehead atoms. The van der Waals surface area contributed by atoms with Crippen molar-refractivity contribution in [1.82, 2.24) is 8.87 Å². The van der Waals surface area contributed by atoms with Gasteiger partial charge in [0.25, 0.3) is 5.91 Å². The van der Waals surface area contributed by atoms with Gasteiger partial charge in [0.05, 0.1) is 28.8 Å². The van der Waals surface area contributed by atoms with Crippen LogP contribution in [0.4, 0.5) is 0 Å². The number of ether oxygens (including phenoxy) is 2. The Kier molecular flexibility index (Phi) is 7.73. The molecular weight excluding hydrogens is 498 g/mol. The van der Waals surface area contributed by atoms with Crippen LogP contribution in [0.5, 0.6) is 5.75 Å². The highest BCUT2D eigenvalue weighted by Crippen LogP contribution is 2.26. The fourth-order valence-electron chi connectivity index (χ4n) is 3.95. The van der Waals surface area contributed by atoms with Gasteiger partial charge in [-0.2, -0.15) is 9.30 Å². The van der Waals surface area contributed by atoms with E-state index in [2.05, 4.69) is 4.99 Å². The van der Waals surface area contributed by atoms with E-state index in [4.69, 9.17) is 21.1 Å². The molecular formula is C23H26ClN3O5S2. The molecule has 2 heterocycles. The summed E-state index contributed by atoms with van der Waals surface area (Å²) in [5.74, 6) is 0.181. The Labute approximate surface area is 207 Å². The number of aromatic nitrogens is 1. The van der Waals surface area contributed by atoms with Crippen LogP contribution in [0.1, 0.15) is 12.8 Å². The average molecular weight is 524 g/mol. The molecule has 0 atom stereocenters. The third kappa shape index (κ3) is 5.21. The minimum absolute atomic E-state index is 0.200. The van der Waals surface area contributed by atoms with Crippen LogP contribution in [0.2, 0.25) is 5.02 Å². The summed E-state index contributed by atoms with van der Waals surface area (Å²) in [6, 6.07) is 11.9.